The molecule has 9 nitrogen and oxygen atoms in total. The molecule has 7 rings (SSSR count). The van der Waals surface area contributed by atoms with Gasteiger partial charge in [-0.2, -0.15) is 0 Å². The van der Waals surface area contributed by atoms with Crippen LogP contribution in [0.5, 0.6) is 17.2 Å². The number of aryl methyl sites for hydroxylation is 1. The number of para-hydroxylation sites is 1. The van der Waals surface area contributed by atoms with Gasteiger partial charge < -0.3 is 15.2 Å². The van der Waals surface area contributed by atoms with Gasteiger partial charge in [0.1, 0.15) is 22.8 Å². The molecule has 0 saturated carbocycles. The lowest BCUT2D eigenvalue weighted by Crippen LogP contribution is -2.14. The maximum atomic E-state index is 14.2. The van der Waals surface area contributed by atoms with Gasteiger partial charge in [0.2, 0.25) is 10.0 Å². The summed E-state index contributed by atoms with van der Waals surface area (Å²) in [5.74, 6) is 1.21. The number of pyridine rings is 2. The number of ketones is 1. The number of benzene rings is 4. The number of aromatic hydroxyl groups is 1. The van der Waals surface area contributed by atoms with Crippen LogP contribution in [0, 0.1) is 6.92 Å². The van der Waals surface area contributed by atoms with E-state index < -0.39 is 10.0 Å². The van der Waals surface area contributed by atoms with Crippen LogP contribution in [0.4, 0.5) is 17.2 Å². The van der Waals surface area contributed by atoms with E-state index in [1.165, 1.54) is 12.1 Å². The van der Waals surface area contributed by atoms with Crippen LogP contribution in [0.15, 0.2) is 103 Å². The molecule has 0 bridgehead atoms. The van der Waals surface area contributed by atoms with E-state index in [0.717, 1.165) is 17.5 Å². The molecule has 1 aliphatic carbocycles. The second-order valence-electron chi connectivity index (χ2n) is 10.8. The molecule has 4 aromatic carbocycles. The number of ether oxygens (including phenoxy) is 1. The standard InChI is InChI=1S/C35H26N4O5S/c1-20-9-8-14-31(36-20)37-29-19-30(44-22-10-4-3-5-11-22)34-32-26(23-12-6-7-13-24(23)35(41)33(29)32)18-27(38-34)25-16-15-21(40)17-28(25)39-45(2,42)43/h3-19,39-40H,1-2H3,(H,36,37). The number of phenols is 1. The van der Waals surface area contributed by atoms with Gasteiger partial charge in [-0.1, -0.05) is 48.5 Å². The van der Waals surface area contributed by atoms with E-state index in [4.69, 9.17) is 9.72 Å². The van der Waals surface area contributed by atoms with E-state index >= 15 is 0 Å². The van der Waals surface area contributed by atoms with E-state index in [2.05, 4.69) is 15.0 Å². The highest BCUT2D eigenvalue weighted by molar-refractivity contribution is 7.92. The number of sulfonamides is 1. The summed E-state index contributed by atoms with van der Waals surface area (Å²) in [7, 11) is -3.69. The number of nitrogens with one attached hydrogen (secondary N) is 2. The number of hydrogen-bond acceptors (Lipinski definition) is 8. The van der Waals surface area contributed by atoms with E-state index in [0.29, 0.717) is 61.9 Å². The van der Waals surface area contributed by atoms with Gasteiger partial charge in [-0.05, 0) is 60.5 Å². The molecule has 45 heavy (non-hydrogen) atoms. The van der Waals surface area contributed by atoms with Crippen LogP contribution in [0.1, 0.15) is 21.6 Å². The average Bonchev–Trinajstić information content (AvgIpc) is 3.00. The van der Waals surface area contributed by atoms with E-state index in [9.17, 15) is 18.3 Å². The minimum atomic E-state index is -3.69. The zero-order valence-electron chi connectivity index (χ0n) is 24.2. The summed E-state index contributed by atoms with van der Waals surface area (Å²) in [6.07, 6.45) is 1.04. The molecule has 222 valence electrons. The zero-order chi connectivity index (χ0) is 31.3. The van der Waals surface area contributed by atoms with Gasteiger partial charge in [-0.15, -0.1) is 0 Å². The summed E-state index contributed by atoms with van der Waals surface area (Å²) >= 11 is 0. The van der Waals surface area contributed by atoms with E-state index in [-0.39, 0.29) is 17.2 Å². The Labute approximate surface area is 259 Å². The molecule has 0 radical (unpaired) electrons. The highest BCUT2D eigenvalue weighted by atomic mass is 32.2. The lowest BCUT2D eigenvalue weighted by molar-refractivity contribution is 0.104. The van der Waals surface area contributed by atoms with E-state index in [1.54, 1.807) is 18.2 Å². The van der Waals surface area contributed by atoms with Crippen molar-refractivity contribution < 1.29 is 23.1 Å². The first-order valence-corrected chi connectivity index (χ1v) is 15.9. The van der Waals surface area contributed by atoms with Crippen molar-refractivity contribution in [2.24, 2.45) is 0 Å². The number of phenolic OH excluding ortho intramolecular Hbond substituents is 1. The van der Waals surface area contributed by atoms with Gasteiger partial charge in [-0.25, -0.2) is 18.4 Å². The SMILES string of the molecule is Cc1cccc(Nc2cc(Oc3ccccc3)c3nc(-c4ccc(O)cc4NS(C)(=O)=O)cc4c3c2C(=O)c2ccccc2-4)n1. The number of aromatic nitrogens is 2. The minimum absolute atomic E-state index is 0.112. The summed E-state index contributed by atoms with van der Waals surface area (Å²) in [5, 5.41) is 14.1. The number of anilines is 3. The fourth-order valence-corrected chi connectivity index (χ4v) is 6.17. The van der Waals surface area contributed by atoms with Crippen molar-refractivity contribution in [3.05, 3.63) is 120 Å². The van der Waals surface area contributed by atoms with Gasteiger partial charge in [0.25, 0.3) is 0 Å². The van der Waals surface area contributed by atoms with Crippen LogP contribution in [-0.2, 0) is 10.0 Å². The quantitative estimate of drug-likeness (QED) is 0.169. The Morgan fingerprint density at radius 2 is 1.51 bits per heavy atom. The number of carbonyl (C=O) groups is 1. The molecule has 0 unspecified atom stereocenters. The van der Waals surface area contributed by atoms with Crippen LogP contribution in [0.2, 0.25) is 0 Å². The molecule has 0 atom stereocenters. The van der Waals surface area contributed by atoms with Crippen LogP contribution >= 0.6 is 0 Å². The number of carbonyl (C=O) groups excluding carboxylic acids is 1. The van der Waals surface area contributed by atoms with E-state index in [1.807, 2.05) is 79.7 Å². The van der Waals surface area contributed by atoms with Crippen LogP contribution in [0.25, 0.3) is 33.3 Å². The summed E-state index contributed by atoms with van der Waals surface area (Å²) in [4.78, 5) is 23.8. The Morgan fingerprint density at radius 1 is 0.756 bits per heavy atom. The molecule has 0 amide bonds. The van der Waals surface area contributed by atoms with Crippen molar-refractivity contribution in [3.63, 3.8) is 0 Å². The fourth-order valence-electron chi connectivity index (χ4n) is 5.60. The molecule has 3 N–H and O–H groups in total. The fraction of sp³-hybridized carbons (Fsp3) is 0.0571. The summed E-state index contributed by atoms with van der Waals surface area (Å²) < 4.78 is 33.5. The molecule has 2 aromatic heterocycles. The van der Waals surface area contributed by atoms with Crippen molar-refractivity contribution in [1.29, 1.82) is 0 Å². The second-order valence-corrected chi connectivity index (χ2v) is 12.5. The van der Waals surface area contributed by atoms with Crippen molar-refractivity contribution >= 4 is 43.9 Å². The molecule has 2 heterocycles. The Bertz CT molecular complexity index is 2270. The lowest BCUT2D eigenvalue weighted by atomic mass is 9.82. The van der Waals surface area contributed by atoms with Crippen LogP contribution in [-0.4, -0.2) is 35.5 Å². The third-order valence-corrected chi connectivity index (χ3v) is 8.02. The molecule has 0 fully saturated rings. The first kappa shape index (κ1) is 28.1. The van der Waals surface area contributed by atoms with Crippen molar-refractivity contribution in [2.75, 3.05) is 16.3 Å². The maximum Gasteiger partial charge on any atom is 0.229 e. The van der Waals surface area contributed by atoms with Crippen LogP contribution in [0.3, 0.4) is 0 Å². The largest absolute Gasteiger partial charge is 0.508 e. The predicted octanol–water partition coefficient (Wildman–Crippen LogP) is 7.43. The molecule has 0 spiro atoms. The van der Waals surface area contributed by atoms with Gasteiger partial charge in [0.05, 0.1) is 28.9 Å². The molecule has 10 heteroatoms. The monoisotopic (exact) mass is 614 g/mol. The van der Waals surface area contributed by atoms with Gasteiger partial charge in [-0.3, -0.25) is 9.52 Å². The highest BCUT2D eigenvalue weighted by Gasteiger charge is 2.31. The Morgan fingerprint density at radius 3 is 2.27 bits per heavy atom. The summed E-state index contributed by atoms with van der Waals surface area (Å²) in [5.41, 5.74) is 5.09. The van der Waals surface area contributed by atoms with Crippen molar-refractivity contribution in [2.45, 2.75) is 6.92 Å². The summed E-state index contributed by atoms with van der Waals surface area (Å²) in [6.45, 7) is 1.89. The zero-order valence-corrected chi connectivity index (χ0v) is 25.0. The maximum absolute atomic E-state index is 14.2. The predicted molar refractivity (Wildman–Crippen MR) is 175 cm³/mol. The van der Waals surface area contributed by atoms with Crippen LogP contribution < -0.4 is 14.8 Å². The average molecular weight is 615 g/mol. The molecule has 0 saturated heterocycles. The Balaban J connectivity index is 1.56. The summed E-state index contributed by atoms with van der Waals surface area (Å²) in [6, 6.07) is 30.1. The Kier molecular flexibility index (Phi) is 6.71. The number of fused-ring (bicyclic) bond motifs is 2. The third-order valence-electron chi connectivity index (χ3n) is 7.43. The minimum Gasteiger partial charge on any atom is -0.508 e. The number of rotatable bonds is 7. The smallest absolute Gasteiger partial charge is 0.229 e. The van der Waals surface area contributed by atoms with Gasteiger partial charge in [0, 0.05) is 34.3 Å². The number of nitrogens with zero attached hydrogens (tertiary/aromatic N) is 2. The van der Waals surface area contributed by atoms with Crippen molar-refractivity contribution in [1.82, 2.24) is 9.97 Å². The second kappa shape index (κ2) is 10.8. The van der Waals surface area contributed by atoms with Gasteiger partial charge >= 0.3 is 0 Å². The molecular formula is C35H26N4O5S. The lowest BCUT2D eigenvalue weighted by Gasteiger charge is -2.25. The van der Waals surface area contributed by atoms with Gasteiger partial charge in [0.15, 0.2) is 11.5 Å². The molecule has 0 aliphatic heterocycles. The first-order chi connectivity index (χ1) is 21.6. The van der Waals surface area contributed by atoms with Crippen molar-refractivity contribution in [3.8, 4) is 39.6 Å². The topological polar surface area (TPSA) is 131 Å². The third kappa shape index (κ3) is 5.32. The highest BCUT2D eigenvalue weighted by Crippen LogP contribution is 2.48. The molecule has 1 aliphatic rings. The molecule has 6 aromatic rings. The number of hydrogen-bond donors (Lipinski definition) is 3. The Hall–Kier alpha value is -5.74. The molecular weight excluding hydrogens is 588 g/mol. The first-order valence-electron chi connectivity index (χ1n) is 14.1. The normalized spacial score (nSPS) is 12.1.